The molecule has 3 aromatic rings. The van der Waals surface area contributed by atoms with Crippen molar-refractivity contribution < 1.29 is 19.1 Å². The van der Waals surface area contributed by atoms with Crippen LogP contribution in [0.3, 0.4) is 0 Å². The number of Topliss-reactive ketones (excluding diaryl/α,β-unsaturated/α-hetero) is 1. The van der Waals surface area contributed by atoms with E-state index in [0.29, 0.717) is 10.6 Å². The second-order valence-electron chi connectivity index (χ2n) is 6.26. The van der Waals surface area contributed by atoms with Crippen LogP contribution in [0.2, 0.25) is 5.02 Å². The van der Waals surface area contributed by atoms with Crippen LogP contribution in [0, 0.1) is 0 Å². The summed E-state index contributed by atoms with van der Waals surface area (Å²) in [6, 6.07) is 18.1. The maximum atomic E-state index is 12.3. The number of ketones is 1. The van der Waals surface area contributed by atoms with Gasteiger partial charge < -0.3 is 9.47 Å². The zero-order valence-corrected chi connectivity index (χ0v) is 16.3. The molecule has 3 aromatic carbocycles. The van der Waals surface area contributed by atoms with Gasteiger partial charge in [0.1, 0.15) is 5.75 Å². The van der Waals surface area contributed by atoms with Gasteiger partial charge in [-0.25, -0.2) is 4.79 Å². The first kappa shape index (κ1) is 19.6. The summed E-state index contributed by atoms with van der Waals surface area (Å²) >= 11 is 5.90. The largest absolute Gasteiger partial charge is 0.497 e. The molecule has 142 valence electrons. The Morgan fingerprint density at radius 1 is 1.00 bits per heavy atom. The smallest absolute Gasteiger partial charge is 0.331 e. The molecule has 5 heteroatoms. The van der Waals surface area contributed by atoms with E-state index in [4.69, 9.17) is 21.1 Å². The summed E-state index contributed by atoms with van der Waals surface area (Å²) in [5.41, 5.74) is 1.25. The minimum atomic E-state index is -0.903. The van der Waals surface area contributed by atoms with Crippen molar-refractivity contribution in [1.29, 1.82) is 0 Å². The number of esters is 1. The Hall–Kier alpha value is -3.11. The van der Waals surface area contributed by atoms with Crippen molar-refractivity contribution in [3.63, 3.8) is 0 Å². The van der Waals surface area contributed by atoms with Crippen LogP contribution in [0.1, 0.15) is 22.8 Å². The van der Waals surface area contributed by atoms with Crippen molar-refractivity contribution in [2.75, 3.05) is 7.11 Å². The average molecular weight is 395 g/mol. The van der Waals surface area contributed by atoms with Gasteiger partial charge in [0.05, 0.1) is 7.11 Å². The molecule has 0 amide bonds. The molecule has 1 atom stereocenters. The van der Waals surface area contributed by atoms with Crippen LogP contribution in [0.4, 0.5) is 0 Å². The predicted molar refractivity (Wildman–Crippen MR) is 111 cm³/mol. The lowest BCUT2D eigenvalue weighted by Crippen LogP contribution is -2.23. The fraction of sp³-hybridized carbons (Fsp3) is 0.130. The quantitative estimate of drug-likeness (QED) is 0.322. The molecule has 3 rings (SSSR count). The van der Waals surface area contributed by atoms with Crippen molar-refractivity contribution in [3.05, 3.63) is 82.9 Å². The van der Waals surface area contributed by atoms with E-state index in [2.05, 4.69) is 0 Å². The van der Waals surface area contributed by atoms with E-state index in [-0.39, 0.29) is 5.78 Å². The summed E-state index contributed by atoms with van der Waals surface area (Å²) in [4.78, 5) is 24.4. The number of carbonyl (C=O) groups is 2. The van der Waals surface area contributed by atoms with Crippen LogP contribution in [0.15, 0.2) is 66.7 Å². The fourth-order valence-electron chi connectivity index (χ4n) is 2.78. The lowest BCUT2D eigenvalue weighted by atomic mass is 10.1. The van der Waals surface area contributed by atoms with Crippen molar-refractivity contribution in [3.8, 4) is 5.75 Å². The van der Waals surface area contributed by atoms with Crippen LogP contribution in [0.5, 0.6) is 5.75 Å². The Balaban J connectivity index is 1.66. The summed E-state index contributed by atoms with van der Waals surface area (Å²) in [7, 11) is 1.63. The third-order valence-corrected chi connectivity index (χ3v) is 4.49. The highest BCUT2D eigenvalue weighted by molar-refractivity contribution is 6.31. The first-order valence-corrected chi connectivity index (χ1v) is 9.10. The second kappa shape index (κ2) is 8.72. The Bertz CT molecular complexity index is 1060. The van der Waals surface area contributed by atoms with Gasteiger partial charge >= 0.3 is 5.97 Å². The first-order valence-electron chi connectivity index (χ1n) is 8.72. The normalized spacial score (nSPS) is 12.1. The van der Waals surface area contributed by atoms with E-state index in [1.54, 1.807) is 44.4 Å². The molecule has 0 heterocycles. The highest BCUT2D eigenvalue weighted by Gasteiger charge is 2.18. The molecule has 0 radical (unpaired) electrons. The first-order chi connectivity index (χ1) is 13.5. The summed E-state index contributed by atoms with van der Waals surface area (Å²) in [5.74, 6) is -0.0978. The van der Waals surface area contributed by atoms with Gasteiger partial charge in [-0.3, -0.25) is 4.79 Å². The minimum absolute atomic E-state index is 0.302. The standard InChI is InChI=1S/C23H19ClO4/c1-15(23(26)19-4-3-5-20(24)13-19)28-22(25)11-7-16-6-8-18-14-21(27-2)10-9-17(18)12-16/h3-15H,1-2H3. The Kier molecular flexibility index (Phi) is 6.12. The molecule has 0 saturated carbocycles. The van der Waals surface area contributed by atoms with E-state index < -0.39 is 12.1 Å². The Morgan fingerprint density at radius 2 is 1.75 bits per heavy atom. The van der Waals surface area contributed by atoms with E-state index in [1.165, 1.54) is 6.08 Å². The number of benzene rings is 3. The molecule has 0 spiro atoms. The van der Waals surface area contributed by atoms with Crippen LogP contribution in [0.25, 0.3) is 16.8 Å². The van der Waals surface area contributed by atoms with Crippen LogP contribution in [-0.4, -0.2) is 25.0 Å². The second-order valence-corrected chi connectivity index (χ2v) is 6.70. The van der Waals surface area contributed by atoms with Crippen LogP contribution in [-0.2, 0) is 9.53 Å². The molecule has 0 aliphatic rings. The molecule has 4 nitrogen and oxygen atoms in total. The number of fused-ring (bicyclic) bond motifs is 1. The molecule has 28 heavy (non-hydrogen) atoms. The molecule has 0 saturated heterocycles. The molecule has 0 N–H and O–H groups in total. The molecule has 0 bridgehead atoms. The SMILES string of the molecule is COc1ccc2cc(C=CC(=O)OC(C)C(=O)c3cccc(Cl)c3)ccc2c1. The molecule has 0 aliphatic carbocycles. The number of ether oxygens (including phenoxy) is 2. The molecule has 0 aliphatic heterocycles. The fourth-order valence-corrected chi connectivity index (χ4v) is 2.97. The zero-order chi connectivity index (χ0) is 20.1. The molecule has 1 unspecified atom stereocenters. The zero-order valence-electron chi connectivity index (χ0n) is 15.5. The number of methoxy groups -OCH3 is 1. The van der Waals surface area contributed by atoms with E-state index in [1.807, 2.05) is 36.4 Å². The van der Waals surface area contributed by atoms with Gasteiger partial charge in [0, 0.05) is 16.7 Å². The van der Waals surface area contributed by atoms with Gasteiger partial charge in [0.25, 0.3) is 0 Å². The van der Waals surface area contributed by atoms with Gasteiger partial charge in [0.15, 0.2) is 6.10 Å². The van der Waals surface area contributed by atoms with Gasteiger partial charge in [-0.05, 0) is 59.7 Å². The number of hydrogen-bond donors (Lipinski definition) is 0. The number of halogens is 1. The monoisotopic (exact) mass is 394 g/mol. The van der Waals surface area contributed by atoms with Crippen LogP contribution >= 0.6 is 11.6 Å². The van der Waals surface area contributed by atoms with Gasteiger partial charge in [0.2, 0.25) is 5.78 Å². The van der Waals surface area contributed by atoms with E-state index >= 15 is 0 Å². The Morgan fingerprint density at radius 3 is 2.50 bits per heavy atom. The predicted octanol–water partition coefficient (Wildman–Crippen LogP) is 5.33. The van der Waals surface area contributed by atoms with E-state index in [0.717, 1.165) is 22.1 Å². The maximum Gasteiger partial charge on any atom is 0.331 e. The summed E-state index contributed by atoms with van der Waals surface area (Å²) in [6.45, 7) is 1.54. The average Bonchev–Trinajstić information content (AvgIpc) is 2.71. The summed E-state index contributed by atoms with van der Waals surface area (Å²) in [6.07, 6.45) is 2.06. The minimum Gasteiger partial charge on any atom is -0.497 e. The molecular formula is C23H19ClO4. The van der Waals surface area contributed by atoms with E-state index in [9.17, 15) is 9.59 Å². The molecule has 0 aromatic heterocycles. The molecule has 0 fully saturated rings. The van der Waals surface area contributed by atoms with Crippen molar-refractivity contribution in [2.45, 2.75) is 13.0 Å². The molecular weight excluding hydrogens is 376 g/mol. The number of rotatable bonds is 6. The number of hydrogen-bond acceptors (Lipinski definition) is 4. The third-order valence-electron chi connectivity index (χ3n) is 4.25. The highest BCUT2D eigenvalue weighted by atomic mass is 35.5. The summed E-state index contributed by atoms with van der Waals surface area (Å²) in [5, 5.41) is 2.53. The number of carbonyl (C=O) groups excluding carboxylic acids is 2. The van der Waals surface area contributed by atoms with Gasteiger partial charge in [-0.1, -0.05) is 41.9 Å². The van der Waals surface area contributed by atoms with Crippen molar-refractivity contribution in [1.82, 2.24) is 0 Å². The Labute approximate surface area is 168 Å². The van der Waals surface area contributed by atoms with Crippen molar-refractivity contribution in [2.24, 2.45) is 0 Å². The van der Waals surface area contributed by atoms with Crippen LogP contribution < -0.4 is 4.74 Å². The maximum absolute atomic E-state index is 12.3. The third kappa shape index (κ3) is 4.78. The lowest BCUT2D eigenvalue weighted by molar-refractivity contribution is -0.140. The van der Waals surface area contributed by atoms with Gasteiger partial charge in [-0.15, -0.1) is 0 Å². The van der Waals surface area contributed by atoms with Crippen molar-refractivity contribution >= 4 is 40.2 Å². The highest BCUT2D eigenvalue weighted by Crippen LogP contribution is 2.22. The summed E-state index contributed by atoms with van der Waals surface area (Å²) < 4.78 is 10.4. The topological polar surface area (TPSA) is 52.6 Å². The lowest BCUT2D eigenvalue weighted by Gasteiger charge is -2.11. The van der Waals surface area contributed by atoms with Gasteiger partial charge in [-0.2, -0.15) is 0 Å².